The fourth-order valence-electron chi connectivity index (χ4n) is 5.57. The Morgan fingerprint density at radius 3 is 1.40 bits per heavy atom. The lowest BCUT2D eigenvalue weighted by Gasteiger charge is -2.21. The molecule has 7 heteroatoms. The van der Waals surface area contributed by atoms with Crippen molar-refractivity contribution in [2.24, 2.45) is 0 Å². The SMILES string of the molecule is CCCCCCC/C=C\C/C=C\C/C=C\CCCCCCCCCCC(=O)NC(CS(=O)(=O)O)C(O)/C=C/CCCCCCCCC. The van der Waals surface area contributed by atoms with Gasteiger partial charge in [0.2, 0.25) is 5.91 Å². The van der Waals surface area contributed by atoms with Crippen LogP contribution in [0, 0.1) is 0 Å². The average molecular weight is 680 g/mol. The van der Waals surface area contributed by atoms with E-state index in [0.717, 1.165) is 64.2 Å². The van der Waals surface area contributed by atoms with E-state index < -0.39 is 28.0 Å². The first-order chi connectivity index (χ1) is 22.8. The number of allylic oxidation sites excluding steroid dienone is 7. The topological polar surface area (TPSA) is 104 Å². The zero-order valence-corrected chi connectivity index (χ0v) is 31.2. The molecule has 0 fully saturated rings. The predicted octanol–water partition coefficient (Wildman–Crippen LogP) is 11.1. The van der Waals surface area contributed by atoms with Crippen LogP contribution in [0.15, 0.2) is 48.6 Å². The Labute approximate surface area is 290 Å². The first-order valence-electron chi connectivity index (χ1n) is 19.3. The molecule has 2 unspecified atom stereocenters. The zero-order valence-electron chi connectivity index (χ0n) is 30.4. The molecule has 0 radical (unpaired) electrons. The Morgan fingerprint density at radius 2 is 0.957 bits per heavy atom. The van der Waals surface area contributed by atoms with Gasteiger partial charge >= 0.3 is 0 Å². The number of aliphatic hydroxyl groups excluding tert-OH is 1. The minimum atomic E-state index is -4.34. The Balaban J connectivity index is 3.88. The predicted molar refractivity (Wildman–Crippen MR) is 202 cm³/mol. The summed E-state index contributed by atoms with van der Waals surface area (Å²) >= 11 is 0. The van der Waals surface area contributed by atoms with E-state index in [-0.39, 0.29) is 12.3 Å². The third kappa shape index (κ3) is 35.4. The first kappa shape index (κ1) is 45.3. The third-order valence-electron chi connectivity index (χ3n) is 8.50. The fourth-order valence-corrected chi connectivity index (χ4v) is 6.31. The zero-order chi connectivity index (χ0) is 34.7. The van der Waals surface area contributed by atoms with E-state index >= 15 is 0 Å². The lowest BCUT2D eigenvalue weighted by molar-refractivity contribution is -0.122. The molecule has 6 nitrogen and oxygen atoms in total. The Hall–Kier alpha value is -1.70. The molecule has 0 spiro atoms. The first-order valence-corrected chi connectivity index (χ1v) is 20.9. The second-order valence-corrected chi connectivity index (χ2v) is 14.7. The highest BCUT2D eigenvalue weighted by molar-refractivity contribution is 7.85. The van der Waals surface area contributed by atoms with Crippen molar-refractivity contribution in [3.63, 3.8) is 0 Å². The van der Waals surface area contributed by atoms with Gasteiger partial charge in [-0.25, -0.2) is 0 Å². The Morgan fingerprint density at radius 1 is 0.574 bits per heavy atom. The maximum atomic E-state index is 12.4. The second-order valence-electron chi connectivity index (χ2n) is 13.2. The van der Waals surface area contributed by atoms with Gasteiger partial charge in [-0.2, -0.15) is 8.42 Å². The maximum absolute atomic E-state index is 12.4. The number of hydrogen-bond acceptors (Lipinski definition) is 4. The molecule has 274 valence electrons. The smallest absolute Gasteiger partial charge is 0.267 e. The van der Waals surface area contributed by atoms with Crippen LogP contribution in [0.3, 0.4) is 0 Å². The van der Waals surface area contributed by atoms with E-state index in [2.05, 4.69) is 55.6 Å². The highest BCUT2D eigenvalue weighted by Gasteiger charge is 2.24. The normalized spacial score (nSPS) is 13.9. The molecule has 0 aliphatic carbocycles. The molecule has 47 heavy (non-hydrogen) atoms. The summed E-state index contributed by atoms with van der Waals surface area (Å²) < 4.78 is 32.3. The van der Waals surface area contributed by atoms with E-state index in [1.54, 1.807) is 6.08 Å². The molecular weight excluding hydrogens is 607 g/mol. The molecule has 0 saturated carbocycles. The van der Waals surface area contributed by atoms with Gasteiger partial charge in [-0.15, -0.1) is 0 Å². The number of aliphatic hydroxyl groups is 1. The Bertz CT molecular complexity index is 925. The molecule has 0 aliphatic heterocycles. The number of unbranched alkanes of at least 4 members (excludes halogenated alkanes) is 20. The molecule has 3 N–H and O–H groups in total. The van der Waals surface area contributed by atoms with Gasteiger partial charge in [0.05, 0.1) is 17.9 Å². The summed E-state index contributed by atoms with van der Waals surface area (Å²) in [5.41, 5.74) is 0. The summed E-state index contributed by atoms with van der Waals surface area (Å²) in [6.07, 6.45) is 45.3. The molecule has 0 aromatic rings. The van der Waals surface area contributed by atoms with Crippen molar-refractivity contribution in [2.45, 2.75) is 193 Å². The third-order valence-corrected chi connectivity index (χ3v) is 9.28. The van der Waals surface area contributed by atoms with E-state index in [9.17, 15) is 22.9 Å². The van der Waals surface area contributed by atoms with Gasteiger partial charge in [-0.05, 0) is 57.8 Å². The molecule has 0 aliphatic rings. The highest BCUT2D eigenvalue weighted by atomic mass is 32.2. The molecule has 1 amide bonds. The summed E-state index contributed by atoms with van der Waals surface area (Å²) in [7, 11) is -4.34. The largest absolute Gasteiger partial charge is 0.387 e. The van der Waals surface area contributed by atoms with Crippen molar-refractivity contribution in [1.29, 1.82) is 0 Å². The number of amides is 1. The number of carbonyl (C=O) groups excluding carboxylic acids is 1. The van der Waals surface area contributed by atoms with Crippen LogP contribution in [0.5, 0.6) is 0 Å². The number of carbonyl (C=O) groups is 1. The van der Waals surface area contributed by atoms with Crippen LogP contribution in [0.2, 0.25) is 0 Å². The van der Waals surface area contributed by atoms with Gasteiger partial charge in [0.25, 0.3) is 10.1 Å². The summed E-state index contributed by atoms with van der Waals surface area (Å²) in [5, 5.41) is 13.1. The number of nitrogens with one attached hydrogen (secondary N) is 1. The summed E-state index contributed by atoms with van der Waals surface area (Å²) in [4.78, 5) is 12.4. The van der Waals surface area contributed by atoms with Crippen molar-refractivity contribution in [3.05, 3.63) is 48.6 Å². The monoisotopic (exact) mass is 680 g/mol. The summed E-state index contributed by atoms with van der Waals surface area (Å²) in [6.45, 7) is 4.46. The van der Waals surface area contributed by atoms with Crippen LogP contribution in [0.25, 0.3) is 0 Å². The van der Waals surface area contributed by atoms with E-state index in [1.165, 1.54) is 96.3 Å². The molecule has 0 aromatic carbocycles. The number of hydrogen-bond donors (Lipinski definition) is 3. The minimum Gasteiger partial charge on any atom is -0.387 e. The molecule has 0 saturated heterocycles. The molecular formula is C40H73NO5S. The standard InChI is InChI=1S/C40H73NO5S/c1-3-5-7-9-11-13-14-15-16-17-18-19-20-21-22-23-24-25-26-28-30-32-34-36-40(43)41-38(37-47(44,45)46)39(42)35-33-31-29-27-12-10-8-6-4-2/h14-15,17-18,20-21,33,35,38-39,42H,3-13,16,19,22-32,34,36-37H2,1-2H3,(H,41,43)(H,44,45,46)/b15-14-,18-17-,21-20-,35-33+. The lowest BCUT2D eigenvalue weighted by Crippen LogP contribution is -2.46. The van der Waals surface area contributed by atoms with Crippen molar-refractivity contribution in [2.75, 3.05) is 5.75 Å². The molecule has 2 atom stereocenters. The van der Waals surface area contributed by atoms with Crippen LogP contribution in [0.1, 0.15) is 181 Å². The van der Waals surface area contributed by atoms with Crippen molar-refractivity contribution < 1.29 is 22.9 Å². The second kappa shape index (κ2) is 34.2. The summed E-state index contributed by atoms with van der Waals surface area (Å²) in [5.74, 6) is -0.992. The van der Waals surface area contributed by atoms with Gasteiger partial charge in [-0.3, -0.25) is 9.35 Å². The quantitative estimate of drug-likeness (QED) is 0.0357. The van der Waals surface area contributed by atoms with E-state index in [1.807, 2.05) is 6.08 Å². The van der Waals surface area contributed by atoms with Gasteiger partial charge in [-0.1, -0.05) is 165 Å². The van der Waals surface area contributed by atoms with Crippen molar-refractivity contribution >= 4 is 16.0 Å². The van der Waals surface area contributed by atoms with E-state index in [0.29, 0.717) is 0 Å². The molecule has 0 rings (SSSR count). The molecule has 0 heterocycles. The molecule has 0 aromatic heterocycles. The maximum Gasteiger partial charge on any atom is 0.267 e. The van der Waals surface area contributed by atoms with Gasteiger partial charge in [0.15, 0.2) is 0 Å². The van der Waals surface area contributed by atoms with Crippen LogP contribution >= 0.6 is 0 Å². The van der Waals surface area contributed by atoms with E-state index in [4.69, 9.17) is 0 Å². The van der Waals surface area contributed by atoms with Crippen LogP contribution < -0.4 is 5.32 Å². The average Bonchev–Trinajstić information content (AvgIpc) is 3.03. The highest BCUT2D eigenvalue weighted by Crippen LogP contribution is 2.13. The van der Waals surface area contributed by atoms with Gasteiger partial charge < -0.3 is 10.4 Å². The van der Waals surface area contributed by atoms with Crippen LogP contribution in [-0.4, -0.2) is 41.9 Å². The van der Waals surface area contributed by atoms with Gasteiger partial charge in [0, 0.05) is 6.42 Å². The number of rotatable bonds is 34. The van der Waals surface area contributed by atoms with Crippen molar-refractivity contribution in [3.8, 4) is 0 Å². The van der Waals surface area contributed by atoms with Crippen LogP contribution in [-0.2, 0) is 14.9 Å². The Kier molecular flexibility index (Phi) is 32.9. The minimum absolute atomic E-state index is 0.286. The lowest BCUT2D eigenvalue weighted by atomic mass is 10.1. The van der Waals surface area contributed by atoms with Crippen molar-refractivity contribution in [1.82, 2.24) is 5.32 Å². The summed E-state index contributed by atoms with van der Waals surface area (Å²) in [6, 6.07) is -1.06. The fraction of sp³-hybridized carbons (Fsp3) is 0.775. The van der Waals surface area contributed by atoms with Gasteiger partial charge in [0.1, 0.15) is 0 Å². The van der Waals surface area contributed by atoms with Crippen LogP contribution in [0.4, 0.5) is 0 Å². The molecule has 0 bridgehead atoms.